The molecule has 0 radical (unpaired) electrons. The summed E-state index contributed by atoms with van der Waals surface area (Å²) < 4.78 is 5.16. The Labute approximate surface area is 139 Å². The SMILES string of the molecule is CC.CC.CN1CCN(C2COC2)CC1.CN1CCNCC1. The van der Waals surface area contributed by atoms with Crippen LogP contribution < -0.4 is 5.32 Å². The van der Waals surface area contributed by atoms with Gasteiger partial charge < -0.3 is 19.9 Å². The summed E-state index contributed by atoms with van der Waals surface area (Å²) in [7, 11) is 4.34. The third kappa shape index (κ3) is 9.06. The van der Waals surface area contributed by atoms with Crippen LogP contribution in [0.5, 0.6) is 0 Å². The Morgan fingerprint density at radius 3 is 1.50 bits per heavy atom. The van der Waals surface area contributed by atoms with Gasteiger partial charge in [-0.25, -0.2) is 0 Å². The molecule has 0 aliphatic carbocycles. The minimum atomic E-state index is 0.740. The number of rotatable bonds is 1. The predicted octanol–water partition coefficient (Wildman–Crippen LogP) is 1.21. The molecule has 3 heterocycles. The fourth-order valence-corrected chi connectivity index (χ4v) is 2.40. The van der Waals surface area contributed by atoms with Crippen LogP contribution in [0.1, 0.15) is 27.7 Å². The fourth-order valence-electron chi connectivity index (χ4n) is 2.40. The van der Waals surface area contributed by atoms with Gasteiger partial charge in [-0.2, -0.15) is 0 Å². The third-order valence-corrected chi connectivity index (χ3v) is 4.02. The quantitative estimate of drug-likeness (QED) is 0.786. The molecule has 0 aromatic carbocycles. The number of ether oxygens (including phenoxy) is 1. The lowest BCUT2D eigenvalue weighted by Gasteiger charge is -2.41. The minimum absolute atomic E-state index is 0.740. The van der Waals surface area contributed by atoms with Gasteiger partial charge in [-0.3, -0.25) is 4.90 Å². The summed E-state index contributed by atoms with van der Waals surface area (Å²) in [6.07, 6.45) is 0. The summed E-state index contributed by atoms with van der Waals surface area (Å²) in [5.74, 6) is 0. The minimum Gasteiger partial charge on any atom is -0.378 e. The zero-order valence-electron chi connectivity index (χ0n) is 15.9. The van der Waals surface area contributed by atoms with E-state index in [9.17, 15) is 0 Å². The molecule has 0 amide bonds. The Balaban J connectivity index is 0.000000348. The molecule has 3 fully saturated rings. The van der Waals surface area contributed by atoms with E-state index in [2.05, 4.69) is 34.1 Å². The van der Waals surface area contributed by atoms with E-state index in [0.717, 1.165) is 32.3 Å². The van der Waals surface area contributed by atoms with Crippen molar-refractivity contribution in [3.05, 3.63) is 0 Å². The summed E-state index contributed by atoms with van der Waals surface area (Å²) in [6, 6.07) is 0.740. The van der Waals surface area contributed by atoms with Gasteiger partial charge in [-0.1, -0.05) is 27.7 Å². The lowest BCUT2D eigenvalue weighted by molar-refractivity contribution is -0.0752. The van der Waals surface area contributed by atoms with Crippen LogP contribution in [0.25, 0.3) is 0 Å². The Morgan fingerprint density at radius 2 is 1.18 bits per heavy atom. The fraction of sp³-hybridized carbons (Fsp3) is 1.00. The van der Waals surface area contributed by atoms with Crippen LogP contribution in [0.3, 0.4) is 0 Å². The van der Waals surface area contributed by atoms with Crippen molar-refractivity contribution in [3.8, 4) is 0 Å². The highest BCUT2D eigenvalue weighted by Gasteiger charge is 2.27. The van der Waals surface area contributed by atoms with Crippen LogP contribution in [0.15, 0.2) is 0 Å². The molecule has 0 atom stereocenters. The molecule has 3 saturated heterocycles. The van der Waals surface area contributed by atoms with E-state index < -0.39 is 0 Å². The zero-order chi connectivity index (χ0) is 16.8. The van der Waals surface area contributed by atoms with E-state index in [1.807, 2.05) is 27.7 Å². The lowest BCUT2D eigenvalue weighted by Crippen LogP contribution is -2.55. The molecule has 0 aromatic rings. The average Bonchev–Trinajstić information content (AvgIpc) is 2.53. The van der Waals surface area contributed by atoms with E-state index in [-0.39, 0.29) is 0 Å². The van der Waals surface area contributed by atoms with Gasteiger partial charge in [0.05, 0.1) is 19.3 Å². The molecule has 0 aromatic heterocycles. The summed E-state index contributed by atoms with van der Waals surface area (Å²) in [4.78, 5) is 7.26. The molecule has 134 valence electrons. The first-order valence-corrected chi connectivity index (χ1v) is 9.15. The second kappa shape index (κ2) is 14.4. The molecule has 3 aliphatic heterocycles. The lowest BCUT2D eigenvalue weighted by atomic mass is 10.2. The smallest absolute Gasteiger partial charge is 0.0645 e. The number of piperazine rings is 2. The highest BCUT2D eigenvalue weighted by Crippen LogP contribution is 2.12. The molecule has 0 unspecified atom stereocenters. The first kappa shape index (κ1) is 21.8. The molecule has 1 N–H and O–H groups in total. The average molecular weight is 317 g/mol. The zero-order valence-corrected chi connectivity index (χ0v) is 15.9. The van der Waals surface area contributed by atoms with Crippen molar-refractivity contribution in [2.24, 2.45) is 0 Å². The van der Waals surface area contributed by atoms with Crippen LogP contribution in [0, 0.1) is 0 Å². The highest BCUT2D eigenvalue weighted by atomic mass is 16.5. The van der Waals surface area contributed by atoms with Crippen molar-refractivity contribution < 1.29 is 4.74 Å². The van der Waals surface area contributed by atoms with E-state index in [1.54, 1.807) is 0 Å². The molecule has 0 saturated carbocycles. The predicted molar refractivity (Wildman–Crippen MR) is 96.7 cm³/mol. The molecule has 0 bridgehead atoms. The standard InChI is InChI=1S/C8H16N2O.C5H12N2.2C2H6/c1-9-2-4-10(5-3-9)8-6-11-7-8;1-7-4-2-6-3-5-7;2*1-2/h8H,2-7H2,1H3;6H,2-5H2,1H3;2*1-2H3. The Bertz CT molecular complexity index is 223. The maximum Gasteiger partial charge on any atom is 0.0645 e. The molecule has 5 nitrogen and oxygen atoms in total. The maximum absolute atomic E-state index is 5.16. The second-order valence-electron chi connectivity index (χ2n) is 5.58. The first-order valence-electron chi connectivity index (χ1n) is 9.15. The van der Waals surface area contributed by atoms with Gasteiger partial charge >= 0.3 is 0 Å². The van der Waals surface area contributed by atoms with Crippen LogP contribution in [-0.2, 0) is 4.74 Å². The van der Waals surface area contributed by atoms with Gasteiger partial charge in [0, 0.05) is 52.4 Å². The summed E-state index contributed by atoms with van der Waals surface area (Å²) in [5.41, 5.74) is 0. The van der Waals surface area contributed by atoms with Gasteiger partial charge in [0.1, 0.15) is 0 Å². The number of hydrogen-bond acceptors (Lipinski definition) is 5. The Kier molecular flexibility index (Phi) is 14.3. The molecule has 3 rings (SSSR count). The highest BCUT2D eigenvalue weighted by molar-refractivity contribution is 4.81. The van der Waals surface area contributed by atoms with E-state index in [4.69, 9.17) is 4.74 Å². The van der Waals surface area contributed by atoms with E-state index in [0.29, 0.717) is 0 Å². The molecular weight excluding hydrogens is 276 g/mol. The summed E-state index contributed by atoms with van der Waals surface area (Å²) in [5, 5.41) is 3.27. The summed E-state index contributed by atoms with van der Waals surface area (Å²) in [6.45, 7) is 19.6. The van der Waals surface area contributed by atoms with Crippen LogP contribution in [0.4, 0.5) is 0 Å². The number of hydrogen-bond donors (Lipinski definition) is 1. The van der Waals surface area contributed by atoms with Crippen LogP contribution in [0.2, 0.25) is 0 Å². The van der Waals surface area contributed by atoms with E-state index >= 15 is 0 Å². The van der Waals surface area contributed by atoms with Crippen LogP contribution >= 0.6 is 0 Å². The largest absolute Gasteiger partial charge is 0.378 e. The van der Waals surface area contributed by atoms with Crippen molar-refractivity contribution in [1.82, 2.24) is 20.0 Å². The van der Waals surface area contributed by atoms with Gasteiger partial charge in [0.25, 0.3) is 0 Å². The second-order valence-corrected chi connectivity index (χ2v) is 5.58. The molecular formula is C17H40N4O. The third-order valence-electron chi connectivity index (χ3n) is 4.02. The molecule has 0 spiro atoms. The van der Waals surface area contributed by atoms with Gasteiger partial charge in [0.2, 0.25) is 0 Å². The monoisotopic (exact) mass is 316 g/mol. The Morgan fingerprint density at radius 1 is 0.727 bits per heavy atom. The van der Waals surface area contributed by atoms with Crippen molar-refractivity contribution in [2.45, 2.75) is 33.7 Å². The van der Waals surface area contributed by atoms with Gasteiger partial charge in [-0.15, -0.1) is 0 Å². The van der Waals surface area contributed by atoms with Gasteiger partial charge in [-0.05, 0) is 14.1 Å². The van der Waals surface area contributed by atoms with Crippen LogP contribution in [-0.4, -0.2) is 100 Å². The summed E-state index contributed by atoms with van der Waals surface area (Å²) >= 11 is 0. The Hall–Kier alpha value is -0.200. The molecule has 22 heavy (non-hydrogen) atoms. The number of likely N-dealkylation sites (N-methyl/N-ethyl adjacent to an activating group) is 2. The van der Waals surface area contributed by atoms with Gasteiger partial charge in [0.15, 0.2) is 0 Å². The number of nitrogens with one attached hydrogen (secondary N) is 1. The van der Waals surface area contributed by atoms with Crippen molar-refractivity contribution in [3.63, 3.8) is 0 Å². The maximum atomic E-state index is 5.16. The normalized spacial score (nSPS) is 23.7. The van der Waals surface area contributed by atoms with Crippen molar-refractivity contribution in [2.75, 3.05) is 79.7 Å². The topological polar surface area (TPSA) is 31.0 Å². The first-order chi connectivity index (χ1) is 10.8. The van der Waals surface area contributed by atoms with E-state index in [1.165, 1.54) is 39.3 Å². The molecule has 5 heteroatoms. The van der Waals surface area contributed by atoms with Crippen molar-refractivity contribution in [1.29, 1.82) is 0 Å². The van der Waals surface area contributed by atoms with Crippen molar-refractivity contribution >= 4 is 0 Å². The molecule has 3 aliphatic rings. The number of nitrogens with zero attached hydrogens (tertiary/aromatic N) is 3.